The molecule has 46 heavy (non-hydrogen) atoms. The van der Waals surface area contributed by atoms with E-state index in [0.717, 1.165) is 101 Å². The first-order chi connectivity index (χ1) is 22.5. The summed E-state index contributed by atoms with van der Waals surface area (Å²) in [6.07, 6.45) is 0.871. The van der Waals surface area contributed by atoms with Crippen LogP contribution < -0.4 is 25.9 Å². The molecule has 3 aliphatic heterocycles. The number of imidazole rings is 1. The largest absolute Gasteiger partial charge is 0.458 e. The van der Waals surface area contributed by atoms with E-state index in [-0.39, 0.29) is 12.1 Å². The van der Waals surface area contributed by atoms with Gasteiger partial charge in [0.1, 0.15) is 34.1 Å². The van der Waals surface area contributed by atoms with Crippen molar-refractivity contribution in [2.45, 2.75) is 27.2 Å². The first kappa shape index (κ1) is 23.8. The smallest absolute Gasteiger partial charge is 0.266 e. The monoisotopic (exact) mass is 596 g/mol. The zero-order chi connectivity index (χ0) is 30.2. The minimum Gasteiger partial charge on any atom is -0.458 e. The number of aromatic nitrogens is 2. The van der Waals surface area contributed by atoms with Gasteiger partial charge >= 0.3 is 0 Å². The molecule has 0 fully saturated rings. The van der Waals surface area contributed by atoms with Crippen molar-refractivity contribution in [1.82, 2.24) is 8.97 Å². The summed E-state index contributed by atoms with van der Waals surface area (Å²) in [5, 5.41) is 4.42. The lowest BCUT2D eigenvalue weighted by molar-refractivity contribution is 0.413. The fourth-order valence-electron chi connectivity index (χ4n) is 8.79. The summed E-state index contributed by atoms with van der Waals surface area (Å²) in [6, 6.07) is 29.3. The van der Waals surface area contributed by atoms with Crippen molar-refractivity contribution < 1.29 is 18.3 Å². The molecule has 0 saturated heterocycles. The van der Waals surface area contributed by atoms with Gasteiger partial charge in [-0.05, 0) is 53.7 Å². The molecule has 7 heterocycles. The average molecular weight is 596 g/mol. The molecular weight excluding hydrogens is 571 g/mol. The Bertz CT molecular complexity index is 2890. The number of fused-ring (bicyclic) bond motifs is 13. The van der Waals surface area contributed by atoms with Crippen LogP contribution in [0.15, 0.2) is 93.8 Å². The van der Waals surface area contributed by atoms with Crippen molar-refractivity contribution in [2.75, 3.05) is 0 Å². The van der Waals surface area contributed by atoms with Gasteiger partial charge in [0.15, 0.2) is 11.3 Å². The van der Waals surface area contributed by atoms with Crippen molar-refractivity contribution in [1.29, 1.82) is 0 Å². The summed E-state index contributed by atoms with van der Waals surface area (Å²) < 4.78 is 32.1. The van der Waals surface area contributed by atoms with E-state index >= 15 is 0 Å². The van der Waals surface area contributed by atoms with E-state index in [0.29, 0.717) is 0 Å². The summed E-state index contributed by atoms with van der Waals surface area (Å²) in [5.41, 5.74) is 12.5. The number of hydrogen-bond acceptors (Lipinski definition) is 4. The normalized spacial score (nSPS) is 14.4. The van der Waals surface area contributed by atoms with E-state index in [1.807, 2.05) is 12.1 Å². The third-order valence-electron chi connectivity index (χ3n) is 10.3. The molecule has 0 saturated carbocycles. The number of ether oxygens (including phenoxy) is 2. The van der Waals surface area contributed by atoms with Crippen LogP contribution in [-0.2, 0) is 6.42 Å². The molecule has 3 aliphatic rings. The zero-order valence-corrected chi connectivity index (χ0v) is 25.4. The number of benzene rings is 5. The molecule has 0 aliphatic carbocycles. The lowest BCUT2D eigenvalue weighted by atomic mass is 9.33. The zero-order valence-electron chi connectivity index (χ0n) is 25.4. The Hall–Kier alpha value is -5.56. The van der Waals surface area contributed by atoms with Crippen molar-refractivity contribution in [3.8, 4) is 28.7 Å². The fourth-order valence-corrected chi connectivity index (χ4v) is 8.79. The van der Waals surface area contributed by atoms with E-state index in [9.17, 15) is 0 Å². The van der Waals surface area contributed by atoms with Crippen LogP contribution in [0.3, 0.4) is 0 Å². The molecule has 9 aromatic rings. The van der Waals surface area contributed by atoms with Crippen LogP contribution in [0.25, 0.3) is 66.4 Å². The molecule has 0 unspecified atom stereocenters. The van der Waals surface area contributed by atoms with Crippen LogP contribution in [0.5, 0.6) is 23.0 Å². The molecule has 12 rings (SSSR count). The molecule has 6 nitrogen and oxygen atoms in total. The number of para-hydroxylation sites is 2. The SMILES string of the molecule is CC(C)(C)Cc1c2c3ccccc3oc2n2c3c4c(oc5ccccc54)c4c5c3n(c12)-c1cccc2c1B5c1c(cccc1O4)O2. The Kier molecular flexibility index (Phi) is 3.85. The van der Waals surface area contributed by atoms with Crippen LogP contribution in [0, 0.1) is 5.41 Å². The molecule has 0 N–H and O–H groups in total. The molecule has 0 radical (unpaired) electrons. The van der Waals surface area contributed by atoms with E-state index in [1.54, 1.807) is 0 Å². The van der Waals surface area contributed by atoms with Gasteiger partial charge in [-0.2, -0.15) is 0 Å². The molecular formula is C39H25BN2O4. The summed E-state index contributed by atoms with van der Waals surface area (Å²) in [4.78, 5) is 0. The standard InChI is InChI=1S/C39H25BN2O4/c1-39(2,3)18-21-28-19-10-4-7-14-24(19)46-38(28)42-33-29-20-11-5-6-13-23(20)44-35(29)36-32-34(33)41(37(21)42)22-12-8-15-25-30(22)40(32)31-26(43-25)16-9-17-27(31)45-36/h4-17H,18H2,1-3H3. The lowest BCUT2D eigenvalue weighted by Gasteiger charge is -2.37. The fraction of sp³-hybridized carbons (Fsp3) is 0.128. The van der Waals surface area contributed by atoms with Crippen LogP contribution in [0.2, 0.25) is 0 Å². The first-order valence-electron chi connectivity index (χ1n) is 15.9. The highest BCUT2D eigenvalue weighted by molar-refractivity contribution is 7.00. The summed E-state index contributed by atoms with van der Waals surface area (Å²) >= 11 is 0. The summed E-state index contributed by atoms with van der Waals surface area (Å²) in [6.45, 7) is 6.88. The van der Waals surface area contributed by atoms with Gasteiger partial charge in [0.2, 0.25) is 5.71 Å². The van der Waals surface area contributed by atoms with Crippen LogP contribution in [-0.4, -0.2) is 15.7 Å². The average Bonchev–Trinajstić information content (AvgIpc) is 3.78. The van der Waals surface area contributed by atoms with Crippen LogP contribution in [0.4, 0.5) is 0 Å². The molecule has 0 atom stereocenters. The van der Waals surface area contributed by atoms with Gasteiger partial charge in [0.25, 0.3) is 6.71 Å². The Balaban J connectivity index is 1.43. The topological polar surface area (TPSA) is 54.1 Å². The highest BCUT2D eigenvalue weighted by Crippen LogP contribution is 2.50. The Morgan fingerprint density at radius 3 is 2.11 bits per heavy atom. The summed E-state index contributed by atoms with van der Waals surface area (Å²) in [7, 11) is 0. The van der Waals surface area contributed by atoms with Crippen LogP contribution in [0.1, 0.15) is 26.3 Å². The van der Waals surface area contributed by atoms with Gasteiger partial charge in [-0.15, -0.1) is 0 Å². The highest BCUT2D eigenvalue weighted by Gasteiger charge is 2.48. The minimum atomic E-state index is -0.0562. The third-order valence-corrected chi connectivity index (χ3v) is 10.3. The molecule has 5 aromatic carbocycles. The predicted molar refractivity (Wildman–Crippen MR) is 183 cm³/mol. The van der Waals surface area contributed by atoms with Crippen molar-refractivity contribution >= 4 is 83.8 Å². The van der Waals surface area contributed by atoms with Gasteiger partial charge in [-0.3, -0.25) is 8.97 Å². The summed E-state index contributed by atoms with van der Waals surface area (Å²) in [5.74, 6) is 3.33. The van der Waals surface area contributed by atoms with Gasteiger partial charge in [-0.1, -0.05) is 69.3 Å². The van der Waals surface area contributed by atoms with Crippen molar-refractivity contribution in [3.05, 3.63) is 90.5 Å². The second-order valence-electron chi connectivity index (χ2n) is 14.2. The van der Waals surface area contributed by atoms with E-state index in [1.165, 1.54) is 16.4 Å². The maximum absolute atomic E-state index is 6.91. The lowest BCUT2D eigenvalue weighted by Crippen LogP contribution is -2.60. The van der Waals surface area contributed by atoms with E-state index < -0.39 is 0 Å². The quantitative estimate of drug-likeness (QED) is 0.179. The van der Waals surface area contributed by atoms with E-state index in [4.69, 9.17) is 18.3 Å². The molecule has 7 heteroatoms. The second-order valence-corrected chi connectivity index (χ2v) is 14.2. The van der Waals surface area contributed by atoms with Gasteiger partial charge in [-0.25, -0.2) is 0 Å². The van der Waals surface area contributed by atoms with Crippen LogP contribution >= 0.6 is 0 Å². The highest BCUT2D eigenvalue weighted by atomic mass is 16.5. The maximum Gasteiger partial charge on any atom is 0.266 e. The number of hydrogen-bond donors (Lipinski definition) is 0. The molecule has 0 amide bonds. The van der Waals surface area contributed by atoms with Gasteiger partial charge in [0.05, 0.1) is 21.8 Å². The molecule has 218 valence electrons. The number of rotatable bonds is 1. The Morgan fingerprint density at radius 1 is 0.652 bits per heavy atom. The maximum atomic E-state index is 6.91. The predicted octanol–water partition coefficient (Wildman–Crippen LogP) is 8.31. The van der Waals surface area contributed by atoms with Gasteiger partial charge < -0.3 is 18.3 Å². The molecule has 0 bridgehead atoms. The van der Waals surface area contributed by atoms with Gasteiger partial charge in [0, 0.05) is 32.9 Å². The third kappa shape index (κ3) is 2.55. The molecule has 0 spiro atoms. The van der Waals surface area contributed by atoms with Crippen molar-refractivity contribution in [2.24, 2.45) is 5.41 Å². The Labute approximate surface area is 262 Å². The minimum absolute atomic E-state index is 0.0222. The molecule has 4 aromatic heterocycles. The second kappa shape index (κ2) is 7.45. The number of furan rings is 2. The Morgan fingerprint density at radius 2 is 1.33 bits per heavy atom. The first-order valence-corrected chi connectivity index (χ1v) is 15.9. The van der Waals surface area contributed by atoms with E-state index in [2.05, 4.69) is 103 Å². The number of nitrogens with zero attached hydrogens (tertiary/aromatic N) is 2. The van der Waals surface area contributed by atoms with Crippen molar-refractivity contribution in [3.63, 3.8) is 0 Å².